The van der Waals surface area contributed by atoms with Crippen molar-refractivity contribution in [2.45, 2.75) is 64.4 Å². The van der Waals surface area contributed by atoms with Gasteiger partial charge in [-0.1, -0.05) is 13.8 Å². The lowest BCUT2D eigenvalue weighted by Crippen LogP contribution is -2.52. The maximum Gasteiger partial charge on any atom is 0.333 e. The van der Waals surface area contributed by atoms with E-state index in [1.54, 1.807) is 6.92 Å². The van der Waals surface area contributed by atoms with E-state index in [0.29, 0.717) is 24.8 Å². The average molecular weight is 377 g/mol. The third-order valence-corrected chi connectivity index (χ3v) is 4.46. The van der Waals surface area contributed by atoms with Gasteiger partial charge in [-0.3, -0.25) is 8.98 Å². The minimum absolute atomic E-state index is 0.0978. The van der Waals surface area contributed by atoms with Gasteiger partial charge in [0.25, 0.3) is 10.1 Å². The van der Waals surface area contributed by atoms with Gasteiger partial charge in [0.15, 0.2) is 0 Å². The Bertz CT molecular complexity index is 583. The molecule has 0 aromatic rings. The Labute approximate surface area is 149 Å². The number of hydrogen-bond acceptors (Lipinski definition) is 7. The normalized spacial score (nSPS) is 23.9. The molecule has 0 aliphatic heterocycles. The Kier molecular flexibility index (Phi) is 8.54. The van der Waals surface area contributed by atoms with Crippen molar-refractivity contribution in [2.24, 2.45) is 0 Å². The molecule has 0 fully saturated rings. The number of nitrogens with one attached hydrogen (secondary N) is 1. The molecule has 0 aromatic carbocycles. The third-order valence-electron chi connectivity index (χ3n) is 3.89. The van der Waals surface area contributed by atoms with E-state index in [4.69, 9.17) is 13.7 Å². The van der Waals surface area contributed by atoms with Crippen LogP contribution in [0.3, 0.4) is 0 Å². The van der Waals surface area contributed by atoms with Crippen molar-refractivity contribution in [1.82, 2.24) is 5.32 Å². The third kappa shape index (κ3) is 6.75. The predicted octanol–water partition coefficient (Wildman–Crippen LogP) is 0.913. The van der Waals surface area contributed by atoms with Crippen molar-refractivity contribution in [3.05, 3.63) is 11.6 Å². The van der Waals surface area contributed by atoms with Crippen molar-refractivity contribution in [3.63, 3.8) is 0 Å². The summed E-state index contributed by atoms with van der Waals surface area (Å²) in [6.45, 7) is 5.79. The number of esters is 1. The number of hydrogen-bond donors (Lipinski definition) is 1. The Hall–Kier alpha value is -1.45. The van der Waals surface area contributed by atoms with Gasteiger partial charge < -0.3 is 14.8 Å². The summed E-state index contributed by atoms with van der Waals surface area (Å²) in [7, 11) is -3.79. The molecule has 1 rings (SSSR count). The van der Waals surface area contributed by atoms with E-state index in [9.17, 15) is 18.0 Å². The fraction of sp³-hybridized carbons (Fsp3) is 0.750. The van der Waals surface area contributed by atoms with Crippen molar-refractivity contribution in [1.29, 1.82) is 0 Å². The Morgan fingerprint density at radius 2 is 2.00 bits per heavy atom. The molecular formula is C16H27NO7S. The molecule has 0 aromatic heterocycles. The Balaban J connectivity index is 3.21. The molecule has 144 valence electrons. The van der Waals surface area contributed by atoms with Gasteiger partial charge in [-0.2, -0.15) is 8.42 Å². The van der Waals surface area contributed by atoms with Crippen LogP contribution in [0.25, 0.3) is 0 Å². The van der Waals surface area contributed by atoms with Crippen LogP contribution in [0.4, 0.5) is 0 Å². The van der Waals surface area contributed by atoms with Crippen LogP contribution in [0, 0.1) is 0 Å². The Morgan fingerprint density at radius 1 is 1.36 bits per heavy atom. The molecule has 8 nitrogen and oxygen atoms in total. The predicted molar refractivity (Wildman–Crippen MR) is 91.3 cm³/mol. The van der Waals surface area contributed by atoms with Gasteiger partial charge in [-0.25, -0.2) is 4.79 Å². The van der Waals surface area contributed by atoms with Crippen molar-refractivity contribution in [3.8, 4) is 0 Å². The van der Waals surface area contributed by atoms with Gasteiger partial charge in [0, 0.05) is 12.0 Å². The fourth-order valence-electron chi connectivity index (χ4n) is 2.70. The van der Waals surface area contributed by atoms with Crippen LogP contribution in [0.1, 0.15) is 40.0 Å². The lowest BCUT2D eigenvalue weighted by Gasteiger charge is -2.36. The molecule has 0 saturated heterocycles. The van der Waals surface area contributed by atoms with E-state index in [1.807, 2.05) is 13.8 Å². The topological polar surface area (TPSA) is 108 Å². The van der Waals surface area contributed by atoms with Crippen molar-refractivity contribution in [2.75, 3.05) is 12.9 Å². The maximum absolute atomic E-state index is 12.1. The molecule has 25 heavy (non-hydrogen) atoms. The second-order valence-electron chi connectivity index (χ2n) is 5.81. The minimum atomic E-state index is -3.79. The number of carbonyl (C=O) groups is 2. The summed E-state index contributed by atoms with van der Waals surface area (Å²) in [4.78, 5) is 23.0. The SMILES string of the molecule is CCOC(=O)C1=C[C@@H](OC(CC)CC)[C@@H](OS(C)(=O)=O)[C@H](NC=O)C1. The highest BCUT2D eigenvalue weighted by molar-refractivity contribution is 7.86. The second-order valence-corrected chi connectivity index (χ2v) is 7.41. The van der Waals surface area contributed by atoms with E-state index in [0.717, 1.165) is 6.26 Å². The molecule has 0 spiro atoms. The monoisotopic (exact) mass is 377 g/mol. The molecule has 3 atom stereocenters. The summed E-state index contributed by atoms with van der Waals surface area (Å²) < 4.78 is 39.4. The van der Waals surface area contributed by atoms with E-state index in [-0.39, 0.29) is 19.1 Å². The van der Waals surface area contributed by atoms with Crippen LogP contribution in [-0.4, -0.2) is 58.0 Å². The molecule has 0 heterocycles. The van der Waals surface area contributed by atoms with Gasteiger partial charge >= 0.3 is 5.97 Å². The maximum atomic E-state index is 12.1. The van der Waals surface area contributed by atoms with Crippen molar-refractivity contribution < 1.29 is 31.7 Å². The highest BCUT2D eigenvalue weighted by Gasteiger charge is 2.40. The van der Waals surface area contributed by atoms with Gasteiger partial charge in [-0.05, 0) is 25.8 Å². The second kappa shape index (κ2) is 9.88. The summed E-state index contributed by atoms with van der Waals surface area (Å²) in [6.07, 6.45) is 2.56. The van der Waals surface area contributed by atoms with Gasteiger partial charge in [-0.15, -0.1) is 0 Å². The van der Waals surface area contributed by atoms with Gasteiger partial charge in [0.05, 0.1) is 25.0 Å². The quantitative estimate of drug-likeness (QED) is 0.342. The highest BCUT2D eigenvalue weighted by Crippen LogP contribution is 2.27. The van der Waals surface area contributed by atoms with Crippen LogP contribution >= 0.6 is 0 Å². The van der Waals surface area contributed by atoms with Crippen LogP contribution in [0.15, 0.2) is 11.6 Å². The standard InChI is InChI=1S/C16H27NO7S/c1-5-12(6-2)23-14-9-11(16(19)22-7-3)8-13(17-10-18)15(14)24-25(4,20)21/h9-10,12-15H,5-8H2,1-4H3,(H,17,18)/t13-,14-,15+/m1/s1. The Morgan fingerprint density at radius 3 is 2.48 bits per heavy atom. The van der Waals surface area contributed by atoms with Crippen LogP contribution in [0.2, 0.25) is 0 Å². The molecule has 0 saturated carbocycles. The highest BCUT2D eigenvalue weighted by atomic mass is 32.2. The summed E-state index contributed by atoms with van der Waals surface area (Å²) in [5, 5.41) is 2.52. The van der Waals surface area contributed by atoms with E-state index >= 15 is 0 Å². The first-order chi connectivity index (χ1) is 11.8. The lowest BCUT2D eigenvalue weighted by atomic mass is 9.90. The van der Waals surface area contributed by atoms with Gasteiger partial charge in [0.1, 0.15) is 12.2 Å². The first kappa shape index (κ1) is 21.6. The zero-order valence-electron chi connectivity index (χ0n) is 15.1. The molecule has 1 N–H and O–H groups in total. The molecule has 0 unspecified atom stereocenters. The van der Waals surface area contributed by atoms with Crippen LogP contribution in [-0.2, 0) is 33.4 Å². The first-order valence-electron chi connectivity index (χ1n) is 8.36. The molecule has 1 amide bonds. The summed E-state index contributed by atoms with van der Waals surface area (Å²) in [5.41, 5.74) is 0.325. The molecule has 1 aliphatic rings. The summed E-state index contributed by atoms with van der Waals surface area (Å²) in [5.74, 6) is -0.517. The van der Waals surface area contributed by atoms with Gasteiger partial charge in [0.2, 0.25) is 6.41 Å². The number of amides is 1. The zero-order chi connectivity index (χ0) is 19.0. The summed E-state index contributed by atoms with van der Waals surface area (Å²) >= 11 is 0. The molecule has 0 bridgehead atoms. The molecule has 9 heteroatoms. The average Bonchev–Trinajstić information content (AvgIpc) is 2.54. The summed E-state index contributed by atoms with van der Waals surface area (Å²) in [6, 6.07) is -0.726. The number of ether oxygens (including phenoxy) is 2. The number of carbonyl (C=O) groups excluding carboxylic acids is 2. The molecule has 1 aliphatic carbocycles. The largest absolute Gasteiger partial charge is 0.463 e. The minimum Gasteiger partial charge on any atom is -0.463 e. The first-order valence-corrected chi connectivity index (χ1v) is 10.2. The van der Waals surface area contributed by atoms with E-state index in [1.165, 1.54) is 6.08 Å². The zero-order valence-corrected chi connectivity index (χ0v) is 15.9. The molecule has 0 radical (unpaired) electrons. The van der Waals surface area contributed by atoms with Crippen LogP contribution in [0.5, 0.6) is 0 Å². The number of rotatable bonds is 10. The van der Waals surface area contributed by atoms with E-state index in [2.05, 4.69) is 5.32 Å². The lowest BCUT2D eigenvalue weighted by molar-refractivity contribution is -0.139. The smallest absolute Gasteiger partial charge is 0.333 e. The van der Waals surface area contributed by atoms with E-state index < -0.39 is 34.3 Å². The fourth-order valence-corrected chi connectivity index (χ4v) is 3.35. The van der Waals surface area contributed by atoms with Crippen LogP contribution < -0.4 is 5.32 Å². The van der Waals surface area contributed by atoms with Crippen molar-refractivity contribution >= 4 is 22.5 Å². The molecular weight excluding hydrogens is 350 g/mol.